The molecule has 2 unspecified atom stereocenters. The topological polar surface area (TPSA) is 46.7 Å². The van der Waals surface area contributed by atoms with E-state index in [1.807, 2.05) is 6.20 Å². The largest absolute Gasteiger partial charge is 0.687 e. The Morgan fingerprint density at radius 3 is 1.98 bits per heavy atom. The summed E-state index contributed by atoms with van der Waals surface area (Å²) in [5.74, 6) is 0. The monoisotopic (exact) mass is 655 g/mol. The van der Waals surface area contributed by atoms with E-state index in [1.54, 1.807) is 0 Å². The number of anilines is 5. The predicted molar refractivity (Wildman–Crippen MR) is 211 cm³/mol. The number of benzene rings is 4. The van der Waals surface area contributed by atoms with Crippen LogP contribution in [0.25, 0.3) is 10.6 Å². The summed E-state index contributed by atoms with van der Waals surface area (Å²) in [6.07, 6.45) is 15.2. The van der Waals surface area contributed by atoms with Crippen molar-refractivity contribution in [3.63, 3.8) is 0 Å². The van der Waals surface area contributed by atoms with Gasteiger partial charge in [-0.25, -0.2) is 0 Å². The van der Waals surface area contributed by atoms with Gasteiger partial charge in [-0.2, -0.15) is 11.9 Å². The zero-order valence-electron chi connectivity index (χ0n) is 29.5. The van der Waals surface area contributed by atoms with Gasteiger partial charge in [-0.05, 0) is 113 Å². The third-order valence-corrected chi connectivity index (χ3v) is 10.5. The lowest BCUT2D eigenvalue weighted by atomic mass is 9.90. The van der Waals surface area contributed by atoms with Crippen molar-refractivity contribution < 1.29 is 0 Å². The van der Waals surface area contributed by atoms with Crippen molar-refractivity contribution in [1.82, 2.24) is 0 Å². The lowest BCUT2D eigenvalue weighted by Crippen LogP contribution is -2.34. The molecule has 0 saturated heterocycles. The Bertz CT molecular complexity index is 2030. The van der Waals surface area contributed by atoms with Gasteiger partial charge in [-0.1, -0.05) is 95.1 Å². The highest BCUT2D eigenvalue weighted by atomic mass is 15.3. The summed E-state index contributed by atoms with van der Waals surface area (Å²) >= 11 is 0. The van der Waals surface area contributed by atoms with Gasteiger partial charge in [0.25, 0.3) is 0 Å². The van der Waals surface area contributed by atoms with E-state index in [0.717, 1.165) is 31.4 Å². The van der Waals surface area contributed by atoms with Crippen molar-refractivity contribution in [3.8, 4) is 0 Å². The molecular formula is C45H45N5-2. The summed E-state index contributed by atoms with van der Waals surface area (Å²) in [5, 5.41) is 13.9. The van der Waals surface area contributed by atoms with Crippen LogP contribution in [0, 0.1) is 27.7 Å². The van der Waals surface area contributed by atoms with Crippen LogP contribution in [-0.4, -0.2) is 18.8 Å². The normalized spacial score (nSPS) is 19.8. The van der Waals surface area contributed by atoms with E-state index in [-0.39, 0.29) is 12.2 Å². The molecule has 4 aliphatic rings. The van der Waals surface area contributed by atoms with Gasteiger partial charge in [0.05, 0.1) is 11.4 Å². The van der Waals surface area contributed by atoms with Gasteiger partial charge < -0.3 is 25.8 Å². The van der Waals surface area contributed by atoms with Crippen LogP contribution in [0.15, 0.2) is 150 Å². The molecule has 0 amide bonds. The van der Waals surface area contributed by atoms with Crippen LogP contribution in [0.2, 0.25) is 0 Å². The van der Waals surface area contributed by atoms with Gasteiger partial charge in [0.1, 0.15) is 6.17 Å². The molecule has 8 rings (SSSR count). The number of nitrogens with zero attached hydrogens (tertiary/aromatic N) is 4. The Morgan fingerprint density at radius 2 is 1.36 bits per heavy atom. The first kappa shape index (κ1) is 31.8. The van der Waals surface area contributed by atoms with E-state index in [4.69, 9.17) is 10.6 Å². The summed E-state index contributed by atoms with van der Waals surface area (Å²) < 4.78 is 0. The molecular weight excluding hydrogens is 611 g/mol. The van der Waals surface area contributed by atoms with Crippen molar-refractivity contribution in [2.45, 2.75) is 65.6 Å². The van der Waals surface area contributed by atoms with E-state index < -0.39 is 0 Å². The number of fused-ring (bicyclic) bond motifs is 1. The molecule has 5 nitrogen and oxygen atoms in total. The quantitative estimate of drug-likeness (QED) is 0.215. The molecule has 2 aliphatic heterocycles. The van der Waals surface area contributed by atoms with E-state index in [2.05, 4.69) is 158 Å². The molecule has 4 aromatic carbocycles. The predicted octanol–water partition coefficient (Wildman–Crippen LogP) is 11.9. The van der Waals surface area contributed by atoms with Gasteiger partial charge in [0, 0.05) is 22.8 Å². The van der Waals surface area contributed by atoms with Crippen LogP contribution in [0.1, 0.15) is 47.9 Å². The molecule has 0 aromatic heterocycles. The first-order valence-corrected chi connectivity index (χ1v) is 17.9. The number of hydrogen-bond donors (Lipinski definition) is 1. The summed E-state index contributed by atoms with van der Waals surface area (Å²) in [6.45, 7) is 9.46. The maximum atomic E-state index is 5.09. The number of hydrogen-bond acceptors (Lipinski definition) is 3. The van der Waals surface area contributed by atoms with Gasteiger partial charge in [-0.3, -0.25) is 0 Å². The SMILES string of the molecule is Cc1ccc(N(C2=CC=C(C3=C[N-]C(C4=CC=C(C5Nc6ccccc6N5c5ccccc5)CC4)C[N-]3)CC2)c2ccc(C)cc2C)c(C)c1. The number of para-hydroxylation sites is 3. The molecule has 0 spiro atoms. The average Bonchev–Trinajstić information content (AvgIpc) is 3.54. The molecule has 0 radical (unpaired) electrons. The molecule has 5 heteroatoms. The van der Waals surface area contributed by atoms with Crippen LogP contribution in [-0.2, 0) is 0 Å². The highest BCUT2D eigenvalue weighted by Crippen LogP contribution is 2.44. The molecule has 0 saturated carbocycles. The van der Waals surface area contributed by atoms with Gasteiger partial charge in [0.15, 0.2) is 0 Å². The average molecular weight is 656 g/mol. The summed E-state index contributed by atoms with van der Waals surface area (Å²) in [5.41, 5.74) is 17.6. The first-order chi connectivity index (χ1) is 24.4. The Morgan fingerprint density at radius 1 is 0.680 bits per heavy atom. The lowest BCUT2D eigenvalue weighted by molar-refractivity contribution is 0.735. The zero-order chi connectivity index (χ0) is 34.2. The first-order valence-electron chi connectivity index (χ1n) is 17.9. The molecule has 252 valence electrons. The summed E-state index contributed by atoms with van der Waals surface area (Å²) in [6, 6.07) is 32.9. The Balaban J connectivity index is 0.988. The van der Waals surface area contributed by atoms with Gasteiger partial charge in [-0.15, -0.1) is 12.6 Å². The third kappa shape index (κ3) is 6.13. The molecule has 4 aromatic rings. The Kier molecular flexibility index (Phi) is 8.58. The van der Waals surface area contributed by atoms with E-state index in [0.29, 0.717) is 6.54 Å². The van der Waals surface area contributed by atoms with Crippen LogP contribution in [0.4, 0.5) is 28.4 Å². The molecule has 0 fully saturated rings. The number of allylic oxidation sites excluding steroid dienone is 6. The number of rotatable bonds is 7. The summed E-state index contributed by atoms with van der Waals surface area (Å²) in [4.78, 5) is 4.88. The second-order valence-electron chi connectivity index (χ2n) is 14.0. The van der Waals surface area contributed by atoms with E-state index in [1.165, 1.54) is 73.1 Å². The van der Waals surface area contributed by atoms with E-state index >= 15 is 0 Å². The second kappa shape index (κ2) is 13.5. The van der Waals surface area contributed by atoms with Crippen molar-refractivity contribution in [3.05, 3.63) is 183 Å². The number of aryl methyl sites for hydroxylation is 4. The van der Waals surface area contributed by atoms with Gasteiger partial charge >= 0.3 is 0 Å². The second-order valence-corrected chi connectivity index (χ2v) is 14.0. The summed E-state index contributed by atoms with van der Waals surface area (Å²) in [7, 11) is 0. The highest BCUT2D eigenvalue weighted by molar-refractivity contribution is 5.84. The molecule has 2 atom stereocenters. The Hall–Kier alpha value is -5.42. The smallest absolute Gasteiger partial charge is 0.126 e. The minimum Gasteiger partial charge on any atom is -0.687 e. The molecule has 2 heterocycles. The van der Waals surface area contributed by atoms with Crippen molar-refractivity contribution in [1.29, 1.82) is 0 Å². The van der Waals surface area contributed by atoms with Crippen LogP contribution in [0.3, 0.4) is 0 Å². The van der Waals surface area contributed by atoms with Crippen LogP contribution < -0.4 is 15.1 Å². The van der Waals surface area contributed by atoms with Crippen LogP contribution >= 0.6 is 0 Å². The Labute approximate surface area is 297 Å². The maximum Gasteiger partial charge on any atom is 0.126 e. The fourth-order valence-corrected chi connectivity index (χ4v) is 7.88. The van der Waals surface area contributed by atoms with Crippen LogP contribution in [0.5, 0.6) is 0 Å². The molecule has 1 N–H and O–H groups in total. The van der Waals surface area contributed by atoms with Gasteiger partial charge in [0.2, 0.25) is 0 Å². The van der Waals surface area contributed by atoms with Crippen molar-refractivity contribution >= 4 is 28.4 Å². The third-order valence-electron chi connectivity index (χ3n) is 10.5. The molecule has 0 bridgehead atoms. The molecule has 2 aliphatic carbocycles. The lowest BCUT2D eigenvalue weighted by Gasteiger charge is -2.48. The fraction of sp³-hybridized carbons (Fsp3) is 0.244. The molecule has 50 heavy (non-hydrogen) atoms. The van der Waals surface area contributed by atoms with Crippen molar-refractivity contribution in [2.75, 3.05) is 21.7 Å². The minimum atomic E-state index is 0.101. The van der Waals surface area contributed by atoms with E-state index in [9.17, 15) is 0 Å². The fourth-order valence-electron chi connectivity index (χ4n) is 7.88. The zero-order valence-corrected chi connectivity index (χ0v) is 29.5. The highest BCUT2D eigenvalue weighted by Gasteiger charge is 2.32. The number of nitrogens with one attached hydrogen (secondary N) is 1. The van der Waals surface area contributed by atoms with Crippen molar-refractivity contribution in [2.24, 2.45) is 0 Å². The standard InChI is InChI=1S/C45H45N5/c1-30-14-24-42(32(3)26-30)49(43-25-15-31(2)27-33(43)4)38-22-20-35(21-23-38)41-29-46-40(28-47-41)34-16-18-36(19-17-34)45-48-39-12-8-9-13-44(39)50(45)37-10-6-5-7-11-37/h5-16,18,20,22,24-27,29,40,45,48H,17,19,21,23,28H2,1-4H3/q-2. The maximum absolute atomic E-state index is 5.09. The minimum absolute atomic E-state index is 0.101.